The van der Waals surface area contributed by atoms with E-state index in [-0.39, 0.29) is 24.2 Å². The third-order valence-electron chi connectivity index (χ3n) is 3.89. The summed E-state index contributed by atoms with van der Waals surface area (Å²) in [6.45, 7) is 3.65. The highest BCUT2D eigenvalue weighted by atomic mass is 35.5. The van der Waals surface area contributed by atoms with Crippen LogP contribution in [0.25, 0.3) is 0 Å². The molecule has 2 aliphatic heterocycles. The molecule has 0 spiro atoms. The first-order valence-electron chi connectivity index (χ1n) is 6.43. The molecule has 1 aromatic heterocycles. The van der Waals surface area contributed by atoms with Crippen LogP contribution in [-0.4, -0.2) is 32.2 Å². The molecule has 5 nitrogen and oxygen atoms in total. The maximum atomic E-state index is 12.2. The monoisotopic (exact) mass is 286 g/mol. The van der Waals surface area contributed by atoms with Crippen LogP contribution in [0.5, 0.6) is 0 Å². The highest BCUT2D eigenvalue weighted by molar-refractivity contribution is 5.85. The van der Waals surface area contributed by atoms with E-state index < -0.39 is 0 Å². The van der Waals surface area contributed by atoms with Crippen LogP contribution in [0.1, 0.15) is 5.76 Å². The molecule has 0 unspecified atom stereocenters. The molecule has 0 bridgehead atoms. The molecule has 0 radical (unpaired) electrons. The minimum Gasteiger partial charge on any atom is -0.467 e. The average molecular weight is 287 g/mol. The van der Waals surface area contributed by atoms with E-state index in [4.69, 9.17) is 9.15 Å². The SMILES string of the molecule is Cl.O=C(NCc1ccco1)[C@H]1COC[C@H]2CNC[C@H]21. The van der Waals surface area contributed by atoms with Crippen molar-refractivity contribution in [2.24, 2.45) is 17.8 Å². The standard InChI is InChI=1S/C13H18N2O3.ClH/c16-13(15-5-10-2-1-3-18-10)12-8-17-7-9-4-14-6-11(9)12;/h1-3,9,11-12,14H,4-8H2,(H,15,16);1H/t9-,11-,12+;/m1./s1. The van der Waals surface area contributed by atoms with Crippen molar-refractivity contribution in [2.75, 3.05) is 26.3 Å². The molecule has 2 saturated heterocycles. The average Bonchev–Trinajstić information content (AvgIpc) is 3.05. The molecule has 106 valence electrons. The maximum absolute atomic E-state index is 12.2. The predicted molar refractivity (Wildman–Crippen MR) is 72.0 cm³/mol. The van der Waals surface area contributed by atoms with Gasteiger partial charge in [0.1, 0.15) is 5.76 Å². The van der Waals surface area contributed by atoms with Crippen LogP contribution in [0.4, 0.5) is 0 Å². The zero-order valence-electron chi connectivity index (χ0n) is 10.6. The highest BCUT2D eigenvalue weighted by Gasteiger charge is 2.40. The minimum absolute atomic E-state index is 0. The molecular weight excluding hydrogens is 268 g/mol. The fourth-order valence-corrected chi connectivity index (χ4v) is 2.87. The van der Waals surface area contributed by atoms with Crippen molar-refractivity contribution in [1.29, 1.82) is 0 Å². The fourth-order valence-electron chi connectivity index (χ4n) is 2.87. The first kappa shape index (κ1) is 14.4. The Morgan fingerprint density at radius 2 is 2.32 bits per heavy atom. The van der Waals surface area contributed by atoms with Gasteiger partial charge in [0, 0.05) is 6.54 Å². The summed E-state index contributed by atoms with van der Waals surface area (Å²) in [5, 5.41) is 6.27. The molecule has 2 N–H and O–H groups in total. The van der Waals surface area contributed by atoms with Gasteiger partial charge in [0.2, 0.25) is 5.91 Å². The molecule has 0 saturated carbocycles. The first-order valence-corrected chi connectivity index (χ1v) is 6.43. The number of rotatable bonds is 3. The van der Waals surface area contributed by atoms with E-state index in [0.29, 0.717) is 25.0 Å². The van der Waals surface area contributed by atoms with E-state index in [2.05, 4.69) is 10.6 Å². The van der Waals surface area contributed by atoms with Crippen LogP contribution in [0.15, 0.2) is 22.8 Å². The fraction of sp³-hybridized carbons (Fsp3) is 0.615. The van der Waals surface area contributed by atoms with Gasteiger partial charge in [-0.15, -0.1) is 12.4 Å². The smallest absolute Gasteiger partial charge is 0.226 e. The Morgan fingerprint density at radius 1 is 1.42 bits per heavy atom. The first-order chi connectivity index (χ1) is 8.84. The summed E-state index contributed by atoms with van der Waals surface area (Å²) in [6.07, 6.45) is 1.61. The summed E-state index contributed by atoms with van der Waals surface area (Å²) in [5.74, 6) is 1.72. The van der Waals surface area contributed by atoms with Crippen molar-refractivity contribution >= 4 is 18.3 Å². The lowest BCUT2D eigenvalue weighted by molar-refractivity contribution is -0.133. The number of hydrogen-bond donors (Lipinski definition) is 2. The Hall–Kier alpha value is -1.04. The lowest BCUT2D eigenvalue weighted by Gasteiger charge is -2.31. The van der Waals surface area contributed by atoms with Gasteiger partial charge < -0.3 is 19.8 Å². The molecule has 1 amide bonds. The van der Waals surface area contributed by atoms with Gasteiger partial charge in [0.05, 0.1) is 31.9 Å². The number of nitrogens with one attached hydrogen (secondary N) is 2. The van der Waals surface area contributed by atoms with Crippen molar-refractivity contribution in [1.82, 2.24) is 10.6 Å². The van der Waals surface area contributed by atoms with Gasteiger partial charge in [-0.1, -0.05) is 0 Å². The van der Waals surface area contributed by atoms with Gasteiger partial charge in [0.25, 0.3) is 0 Å². The highest BCUT2D eigenvalue weighted by Crippen LogP contribution is 2.30. The van der Waals surface area contributed by atoms with Crippen LogP contribution in [0.3, 0.4) is 0 Å². The number of halogens is 1. The van der Waals surface area contributed by atoms with Gasteiger partial charge >= 0.3 is 0 Å². The van der Waals surface area contributed by atoms with Crippen molar-refractivity contribution in [3.8, 4) is 0 Å². The predicted octanol–water partition coefficient (Wildman–Crippen LogP) is 0.800. The Bertz CT molecular complexity index is 410. The number of fused-ring (bicyclic) bond motifs is 1. The normalized spacial score (nSPS) is 29.4. The summed E-state index contributed by atoms with van der Waals surface area (Å²) in [6, 6.07) is 3.68. The van der Waals surface area contributed by atoms with Gasteiger partial charge in [-0.25, -0.2) is 0 Å². The minimum atomic E-state index is -0.0336. The number of carbonyl (C=O) groups is 1. The Kier molecular flexibility index (Phi) is 4.85. The van der Waals surface area contributed by atoms with Crippen molar-refractivity contribution in [3.05, 3.63) is 24.2 Å². The Labute approximate surface area is 118 Å². The second-order valence-corrected chi connectivity index (χ2v) is 5.02. The summed E-state index contributed by atoms with van der Waals surface area (Å²) in [5.41, 5.74) is 0. The van der Waals surface area contributed by atoms with E-state index in [1.807, 2.05) is 12.1 Å². The Balaban J connectivity index is 0.00000133. The van der Waals surface area contributed by atoms with Gasteiger partial charge in [0.15, 0.2) is 0 Å². The van der Waals surface area contributed by atoms with Crippen molar-refractivity contribution in [3.63, 3.8) is 0 Å². The van der Waals surface area contributed by atoms with Crippen molar-refractivity contribution in [2.45, 2.75) is 6.54 Å². The van der Waals surface area contributed by atoms with Gasteiger partial charge in [-0.2, -0.15) is 0 Å². The van der Waals surface area contributed by atoms with E-state index in [0.717, 1.165) is 25.5 Å². The van der Waals surface area contributed by atoms with E-state index in [9.17, 15) is 4.79 Å². The zero-order chi connectivity index (χ0) is 12.4. The number of furan rings is 1. The van der Waals surface area contributed by atoms with Crippen LogP contribution < -0.4 is 10.6 Å². The zero-order valence-corrected chi connectivity index (χ0v) is 11.4. The van der Waals surface area contributed by atoms with E-state index in [1.54, 1.807) is 6.26 Å². The quantitative estimate of drug-likeness (QED) is 0.863. The lowest BCUT2D eigenvalue weighted by Crippen LogP contribution is -2.44. The van der Waals surface area contributed by atoms with E-state index >= 15 is 0 Å². The molecule has 2 aliphatic rings. The second kappa shape index (κ2) is 6.41. The third kappa shape index (κ3) is 3.11. The maximum Gasteiger partial charge on any atom is 0.226 e. The molecule has 3 atom stereocenters. The lowest BCUT2D eigenvalue weighted by atomic mass is 9.82. The summed E-state index contributed by atoms with van der Waals surface area (Å²) in [7, 11) is 0. The van der Waals surface area contributed by atoms with Gasteiger partial charge in [-0.3, -0.25) is 4.79 Å². The molecule has 2 fully saturated rings. The molecule has 19 heavy (non-hydrogen) atoms. The molecule has 3 heterocycles. The van der Waals surface area contributed by atoms with Gasteiger partial charge in [-0.05, 0) is 30.5 Å². The van der Waals surface area contributed by atoms with Crippen LogP contribution in [0, 0.1) is 17.8 Å². The number of hydrogen-bond acceptors (Lipinski definition) is 4. The third-order valence-corrected chi connectivity index (χ3v) is 3.89. The summed E-state index contributed by atoms with van der Waals surface area (Å²) in [4.78, 5) is 12.2. The molecule has 0 aliphatic carbocycles. The van der Waals surface area contributed by atoms with Crippen LogP contribution in [0.2, 0.25) is 0 Å². The van der Waals surface area contributed by atoms with Crippen LogP contribution in [-0.2, 0) is 16.1 Å². The van der Waals surface area contributed by atoms with Crippen molar-refractivity contribution < 1.29 is 13.9 Å². The molecular formula is C13H19ClN2O3. The molecule has 1 aromatic rings. The Morgan fingerprint density at radius 3 is 3.11 bits per heavy atom. The topological polar surface area (TPSA) is 63.5 Å². The molecule has 3 rings (SSSR count). The second-order valence-electron chi connectivity index (χ2n) is 5.02. The number of amides is 1. The van der Waals surface area contributed by atoms with E-state index in [1.165, 1.54) is 0 Å². The summed E-state index contributed by atoms with van der Waals surface area (Å²) >= 11 is 0. The van der Waals surface area contributed by atoms with Crippen LogP contribution >= 0.6 is 12.4 Å². The molecule has 6 heteroatoms. The number of carbonyl (C=O) groups excluding carboxylic acids is 1. The largest absolute Gasteiger partial charge is 0.467 e. The summed E-state index contributed by atoms with van der Waals surface area (Å²) < 4.78 is 10.7. The molecule has 0 aromatic carbocycles. The number of ether oxygens (including phenoxy) is 1.